The van der Waals surface area contributed by atoms with E-state index in [0.29, 0.717) is 13.1 Å². The van der Waals surface area contributed by atoms with Gasteiger partial charge in [0.15, 0.2) is 0 Å². The summed E-state index contributed by atoms with van der Waals surface area (Å²) in [6.45, 7) is 1.45. The summed E-state index contributed by atoms with van der Waals surface area (Å²) in [5.41, 5.74) is 0. The molecule has 0 bridgehead atoms. The third kappa shape index (κ3) is 3.66. The van der Waals surface area contributed by atoms with E-state index in [0.717, 1.165) is 0 Å². The summed E-state index contributed by atoms with van der Waals surface area (Å²) in [6.07, 6.45) is 4.99. The minimum absolute atomic E-state index is 0.179. The van der Waals surface area contributed by atoms with Crippen molar-refractivity contribution in [2.75, 3.05) is 26.7 Å². The number of likely N-dealkylation sites (N-methyl/N-ethyl adjacent to an activating group) is 1. The van der Waals surface area contributed by atoms with Gasteiger partial charge >= 0.3 is 0 Å². The van der Waals surface area contributed by atoms with Crippen LogP contribution in [0.25, 0.3) is 0 Å². The molecule has 2 nitrogen and oxygen atoms in total. The summed E-state index contributed by atoms with van der Waals surface area (Å²) in [7, 11) is 1.87. The first-order chi connectivity index (χ1) is 3.81. The van der Waals surface area contributed by atoms with Crippen LogP contribution in [0.1, 0.15) is 0 Å². The Morgan fingerprint density at radius 3 is 2.75 bits per heavy atom. The molecule has 0 heterocycles. The van der Waals surface area contributed by atoms with E-state index in [2.05, 4.69) is 5.92 Å². The van der Waals surface area contributed by atoms with Gasteiger partial charge in [0.1, 0.15) is 0 Å². The van der Waals surface area contributed by atoms with E-state index < -0.39 is 0 Å². The molecule has 0 aromatic rings. The average molecular weight is 113 g/mol. The van der Waals surface area contributed by atoms with Gasteiger partial charge in [0.05, 0.1) is 13.2 Å². The monoisotopic (exact) mass is 113 g/mol. The zero-order valence-electron chi connectivity index (χ0n) is 5.09. The summed E-state index contributed by atoms with van der Waals surface area (Å²) in [5, 5.41) is 8.35. The molecule has 0 rings (SSSR count). The second kappa shape index (κ2) is 4.63. The summed E-state index contributed by atoms with van der Waals surface area (Å²) < 4.78 is 0. The molecule has 0 saturated carbocycles. The Kier molecular flexibility index (Phi) is 4.33. The van der Waals surface area contributed by atoms with Crippen molar-refractivity contribution >= 4 is 0 Å². The number of terminal acetylenes is 1. The van der Waals surface area contributed by atoms with E-state index in [1.807, 2.05) is 11.9 Å². The van der Waals surface area contributed by atoms with Crippen molar-refractivity contribution in [2.45, 2.75) is 0 Å². The predicted octanol–water partition coefficient (Wildman–Crippen LogP) is -0.456. The number of aliphatic hydroxyl groups is 1. The van der Waals surface area contributed by atoms with Crippen molar-refractivity contribution in [3.05, 3.63) is 0 Å². The van der Waals surface area contributed by atoms with Crippen LogP contribution < -0.4 is 0 Å². The zero-order chi connectivity index (χ0) is 6.41. The maximum atomic E-state index is 8.35. The molecule has 0 saturated heterocycles. The molecule has 0 aliphatic rings. The summed E-state index contributed by atoms with van der Waals surface area (Å²) in [6, 6.07) is 0. The Morgan fingerprint density at radius 2 is 2.38 bits per heavy atom. The van der Waals surface area contributed by atoms with Crippen LogP contribution in [-0.4, -0.2) is 36.8 Å². The molecule has 0 atom stereocenters. The lowest BCUT2D eigenvalue weighted by molar-refractivity contribution is 0.234. The number of aliphatic hydroxyl groups excluding tert-OH is 1. The SMILES string of the molecule is C#CCN(C)CCO. The first-order valence-electron chi connectivity index (χ1n) is 2.54. The van der Waals surface area contributed by atoms with Crippen LogP contribution in [0.4, 0.5) is 0 Å². The lowest BCUT2D eigenvalue weighted by Gasteiger charge is -2.08. The Labute approximate surface area is 50.1 Å². The second-order valence-corrected chi connectivity index (χ2v) is 1.67. The number of hydrogen-bond donors (Lipinski definition) is 1. The third-order valence-electron chi connectivity index (χ3n) is 0.843. The summed E-state index contributed by atoms with van der Waals surface area (Å²) in [5.74, 6) is 2.47. The van der Waals surface area contributed by atoms with E-state index in [4.69, 9.17) is 11.5 Å². The van der Waals surface area contributed by atoms with E-state index in [1.165, 1.54) is 0 Å². The highest BCUT2D eigenvalue weighted by molar-refractivity contribution is 4.86. The van der Waals surface area contributed by atoms with Gasteiger partial charge in [-0.25, -0.2) is 0 Å². The van der Waals surface area contributed by atoms with Crippen LogP contribution >= 0.6 is 0 Å². The third-order valence-corrected chi connectivity index (χ3v) is 0.843. The fourth-order valence-corrected chi connectivity index (χ4v) is 0.406. The molecule has 0 fully saturated rings. The lowest BCUT2D eigenvalue weighted by Crippen LogP contribution is -2.21. The summed E-state index contributed by atoms with van der Waals surface area (Å²) >= 11 is 0. The van der Waals surface area contributed by atoms with Gasteiger partial charge in [0.2, 0.25) is 0 Å². The smallest absolute Gasteiger partial charge is 0.0597 e. The minimum atomic E-state index is 0.179. The van der Waals surface area contributed by atoms with Gasteiger partial charge in [-0.1, -0.05) is 5.92 Å². The maximum absolute atomic E-state index is 8.35. The topological polar surface area (TPSA) is 23.5 Å². The van der Waals surface area contributed by atoms with E-state index >= 15 is 0 Å². The van der Waals surface area contributed by atoms with Gasteiger partial charge in [-0.2, -0.15) is 0 Å². The molecule has 2 heteroatoms. The first-order valence-corrected chi connectivity index (χ1v) is 2.54. The fraction of sp³-hybridized carbons (Fsp3) is 0.667. The molecule has 0 aliphatic heterocycles. The Hall–Kier alpha value is -0.520. The number of nitrogens with zero attached hydrogens (tertiary/aromatic N) is 1. The molecule has 8 heavy (non-hydrogen) atoms. The van der Waals surface area contributed by atoms with Crippen LogP contribution in [0.2, 0.25) is 0 Å². The standard InChI is InChI=1S/C6H11NO/c1-3-4-7(2)5-6-8/h1,8H,4-6H2,2H3. The minimum Gasteiger partial charge on any atom is -0.395 e. The van der Waals surface area contributed by atoms with Crippen molar-refractivity contribution in [1.29, 1.82) is 0 Å². The quantitative estimate of drug-likeness (QED) is 0.501. The van der Waals surface area contributed by atoms with Crippen molar-refractivity contribution in [3.8, 4) is 12.3 Å². The largest absolute Gasteiger partial charge is 0.395 e. The van der Waals surface area contributed by atoms with Crippen LogP contribution in [0.3, 0.4) is 0 Å². The molecule has 0 aromatic heterocycles. The Morgan fingerprint density at radius 1 is 1.75 bits per heavy atom. The van der Waals surface area contributed by atoms with Gasteiger partial charge in [-0.15, -0.1) is 6.42 Å². The molecule has 1 N–H and O–H groups in total. The predicted molar refractivity (Wildman–Crippen MR) is 33.4 cm³/mol. The normalized spacial score (nSPS) is 9.25. The van der Waals surface area contributed by atoms with E-state index in [-0.39, 0.29) is 6.61 Å². The Bertz CT molecular complexity index is 85.0. The van der Waals surface area contributed by atoms with Gasteiger partial charge in [0, 0.05) is 6.54 Å². The van der Waals surface area contributed by atoms with Gasteiger partial charge in [0.25, 0.3) is 0 Å². The number of rotatable bonds is 3. The highest BCUT2D eigenvalue weighted by Crippen LogP contribution is 1.75. The average Bonchev–Trinajstić information content (AvgIpc) is 1.68. The van der Waals surface area contributed by atoms with Gasteiger partial charge in [-0.3, -0.25) is 4.90 Å². The first kappa shape index (κ1) is 7.48. The van der Waals surface area contributed by atoms with Crippen molar-refractivity contribution in [1.82, 2.24) is 4.90 Å². The second-order valence-electron chi connectivity index (χ2n) is 1.67. The van der Waals surface area contributed by atoms with Crippen LogP contribution in [-0.2, 0) is 0 Å². The zero-order valence-corrected chi connectivity index (χ0v) is 5.09. The highest BCUT2D eigenvalue weighted by atomic mass is 16.3. The molecular formula is C6H11NO. The van der Waals surface area contributed by atoms with Crippen LogP contribution in [0.15, 0.2) is 0 Å². The van der Waals surface area contributed by atoms with Gasteiger partial charge in [-0.05, 0) is 7.05 Å². The van der Waals surface area contributed by atoms with Crippen molar-refractivity contribution in [2.24, 2.45) is 0 Å². The van der Waals surface area contributed by atoms with Crippen LogP contribution in [0, 0.1) is 12.3 Å². The number of hydrogen-bond acceptors (Lipinski definition) is 2. The molecule has 0 aliphatic carbocycles. The van der Waals surface area contributed by atoms with E-state index in [1.54, 1.807) is 0 Å². The molecule has 0 aromatic carbocycles. The van der Waals surface area contributed by atoms with Crippen molar-refractivity contribution in [3.63, 3.8) is 0 Å². The molecule has 46 valence electrons. The molecule has 0 unspecified atom stereocenters. The van der Waals surface area contributed by atoms with Crippen molar-refractivity contribution < 1.29 is 5.11 Å². The van der Waals surface area contributed by atoms with Crippen LogP contribution in [0.5, 0.6) is 0 Å². The maximum Gasteiger partial charge on any atom is 0.0597 e. The molecule has 0 radical (unpaired) electrons. The Balaban J connectivity index is 3.08. The lowest BCUT2D eigenvalue weighted by atomic mass is 10.5. The molecular weight excluding hydrogens is 102 g/mol. The summed E-state index contributed by atoms with van der Waals surface area (Å²) in [4.78, 5) is 1.88. The molecule has 0 amide bonds. The fourth-order valence-electron chi connectivity index (χ4n) is 0.406. The van der Waals surface area contributed by atoms with Gasteiger partial charge < -0.3 is 5.11 Å². The van der Waals surface area contributed by atoms with E-state index in [9.17, 15) is 0 Å². The molecule has 0 spiro atoms. The highest BCUT2D eigenvalue weighted by Gasteiger charge is 1.89.